The SMILES string of the molecule is FC(F)(F)c1ccc(-c2ncc3c(n2)CN(Cc2cccnc2)CC3)cc1. The van der Waals surface area contributed by atoms with Crippen LogP contribution in [0.15, 0.2) is 55.0 Å². The molecule has 0 unspecified atom stereocenters. The minimum atomic E-state index is -4.35. The number of fused-ring (bicyclic) bond motifs is 1. The first kappa shape index (κ1) is 17.6. The topological polar surface area (TPSA) is 41.9 Å². The van der Waals surface area contributed by atoms with Crippen molar-refractivity contribution in [3.63, 3.8) is 0 Å². The van der Waals surface area contributed by atoms with Crippen molar-refractivity contribution in [2.24, 2.45) is 0 Å². The molecule has 1 aliphatic heterocycles. The van der Waals surface area contributed by atoms with Gasteiger partial charge in [-0.2, -0.15) is 13.2 Å². The zero-order valence-corrected chi connectivity index (χ0v) is 14.4. The second-order valence-corrected chi connectivity index (χ2v) is 6.56. The molecule has 138 valence electrons. The van der Waals surface area contributed by atoms with Gasteiger partial charge in [-0.05, 0) is 35.7 Å². The fraction of sp³-hybridized carbons (Fsp3) is 0.250. The molecule has 2 aromatic heterocycles. The Labute approximate surface area is 154 Å². The number of benzene rings is 1. The standard InChI is InChI=1S/C20H17F3N4/c21-20(22,23)17-5-3-15(4-6-17)19-25-11-16-7-9-27(13-18(16)26-19)12-14-2-1-8-24-10-14/h1-6,8,10-11H,7,9,12-13H2. The number of rotatable bonds is 3. The molecular formula is C20H17F3N4. The first-order valence-electron chi connectivity index (χ1n) is 8.63. The van der Waals surface area contributed by atoms with E-state index in [1.165, 1.54) is 12.1 Å². The number of pyridine rings is 1. The van der Waals surface area contributed by atoms with E-state index in [0.29, 0.717) is 17.9 Å². The Morgan fingerprint density at radius 1 is 1.04 bits per heavy atom. The highest BCUT2D eigenvalue weighted by atomic mass is 19.4. The van der Waals surface area contributed by atoms with Gasteiger partial charge in [0.05, 0.1) is 11.3 Å². The predicted molar refractivity (Wildman–Crippen MR) is 94.5 cm³/mol. The van der Waals surface area contributed by atoms with Crippen molar-refractivity contribution < 1.29 is 13.2 Å². The zero-order valence-electron chi connectivity index (χ0n) is 14.4. The Kier molecular flexibility index (Phi) is 4.61. The highest BCUT2D eigenvalue weighted by Crippen LogP contribution is 2.30. The van der Waals surface area contributed by atoms with Crippen LogP contribution < -0.4 is 0 Å². The summed E-state index contributed by atoms with van der Waals surface area (Å²) in [6.45, 7) is 2.37. The summed E-state index contributed by atoms with van der Waals surface area (Å²) in [5.41, 5.74) is 3.06. The van der Waals surface area contributed by atoms with Gasteiger partial charge in [-0.1, -0.05) is 18.2 Å². The average molecular weight is 370 g/mol. The van der Waals surface area contributed by atoms with Crippen molar-refractivity contribution in [1.82, 2.24) is 19.9 Å². The van der Waals surface area contributed by atoms with Crippen molar-refractivity contribution in [2.45, 2.75) is 25.7 Å². The number of alkyl halides is 3. The monoisotopic (exact) mass is 370 g/mol. The van der Waals surface area contributed by atoms with Crippen LogP contribution in [0.3, 0.4) is 0 Å². The van der Waals surface area contributed by atoms with Crippen LogP contribution in [0.4, 0.5) is 13.2 Å². The van der Waals surface area contributed by atoms with Gasteiger partial charge >= 0.3 is 6.18 Å². The molecular weight excluding hydrogens is 353 g/mol. The van der Waals surface area contributed by atoms with E-state index < -0.39 is 11.7 Å². The molecule has 0 amide bonds. The van der Waals surface area contributed by atoms with Crippen molar-refractivity contribution in [3.05, 3.63) is 77.4 Å². The summed E-state index contributed by atoms with van der Waals surface area (Å²) in [6, 6.07) is 8.91. The molecule has 0 fully saturated rings. The van der Waals surface area contributed by atoms with Crippen LogP contribution in [0.25, 0.3) is 11.4 Å². The minimum absolute atomic E-state index is 0.450. The maximum absolute atomic E-state index is 12.7. The molecule has 1 aromatic carbocycles. The summed E-state index contributed by atoms with van der Waals surface area (Å²) < 4.78 is 38.2. The lowest BCUT2D eigenvalue weighted by atomic mass is 10.1. The van der Waals surface area contributed by atoms with Gasteiger partial charge in [0.2, 0.25) is 0 Å². The molecule has 0 radical (unpaired) electrons. The van der Waals surface area contributed by atoms with Gasteiger partial charge in [0.1, 0.15) is 0 Å². The Bertz CT molecular complexity index is 924. The molecule has 0 saturated heterocycles. The van der Waals surface area contributed by atoms with Crippen molar-refractivity contribution in [3.8, 4) is 11.4 Å². The normalized spacial score (nSPS) is 14.8. The molecule has 7 heteroatoms. The summed E-state index contributed by atoms with van der Waals surface area (Å²) >= 11 is 0. The molecule has 0 aliphatic carbocycles. The molecule has 3 aromatic rings. The van der Waals surface area contributed by atoms with Crippen LogP contribution in [0, 0.1) is 0 Å². The summed E-state index contributed by atoms with van der Waals surface area (Å²) in [5.74, 6) is 0.450. The molecule has 0 N–H and O–H groups in total. The third-order valence-electron chi connectivity index (χ3n) is 4.62. The predicted octanol–water partition coefficient (Wildman–Crippen LogP) is 4.12. The number of nitrogens with zero attached hydrogens (tertiary/aromatic N) is 4. The second kappa shape index (κ2) is 7.08. The van der Waals surface area contributed by atoms with Gasteiger partial charge in [-0.15, -0.1) is 0 Å². The lowest BCUT2D eigenvalue weighted by Crippen LogP contribution is -2.31. The van der Waals surface area contributed by atoms with Gasteiger partial charge in [0, 0.05) is 43.8 Å². The lowest BCUT2D eigenvalue weighted by molar-refractivity contribution is -0.137. The van der Waals surface area contributed by atoms with E-state index in [4.69, 9.17) is 0 Å². The summed E-state index contributed by atoms with van der Waals surface area (Å²) in [7, 11) is 0. The van der Waals surface area contributed by atoms with Gasteiger partial charge in [0.25, 0.3) is 0 Å². The maximum Gasteiger partial charge on any atom is 0.416 e. The maximum atomic E-state index is 12.7. The molecule has 0 atom stereocenters. The van der Waals surface area contributed by atoms with Crippen molar-refractivity contribution in [1.29, 1.82) is 0 Å². The van der Waals surface area contributed by atoms with Crippen molar-refractivity contribution in [2.75, 3.05) is 6.54 Å². The van der Waals surface area contributed by atoms with E-state index in [-0.39, 0.29) is 0 Å². The summed E-state index contributed by atoms with van der Waals surface area (Å²) in [6.07, 6.45) is 1.89. The Hall–Kier alpha value is -2.80. The molecule has 0 bridgehead atoms. The molecule has 4 rings (SSSR count). The smallest absolute Gasteiger partial charge is 0.293 e. The molecule has 0 spiro atoms. The molecule has 3 heterocycles. The fourth-order valence-corrected chi connectivity index (χ4v) is 3.19. The molecule has 0 saturated carbocycles. The number of hydrogen-bond donors (Lipinski definition) is 0. The van der Waals surface area contributed by atoms with Crippen LogP contribution in [0.2, 0.25) is 0 Å². The van der Waals surface area contributed by atoms with Crippen LogP contribution in [0.5, 0.6) is 0 Å². The zero-order chi connectivity index (χ0) is 18.9. The van der Waals surface area contributed by atoms with Gasteiger partial charge < -0.3 is 0 Å². The average Bonchev–Trinajstić information content (AvgIpc) is 2.68. The first-order chi connectivity index (χ1) is 13.0. The Balaban J connectivity index is 1.54. The van der Waals surface area contributed by atoms with E-state index in [1.54, 1.807) is 12.4 Å². The fourth-order valence-electron chi connectivity index (χ4n) is 3.19. The third kappa shape index (κ3) is 3.98. The summed E-state index contributed by atoms with van der Waals surface area (Å²) in [5, 5.41) is 0. The van der Waals surface area contributed by atoms with E-state index in [0.717, 1.165) is 48.5 Å². The molecule has 27 heavy (non-hydrogen) atoms. The third-order valence-corrected chi connectivity index (χ3v) is 4.62. The number of halogens is 3. The van der Waals surface area contributed by atoms with Gasteiger partial charge in [0.15, 0.2) is 5.82 Å². The van der Waals surface area contributed by atoms with Crippen LogP contribution >= 0.6 is 0 Å². The Morgan fingerprint density at radius 2 is 1.85 bits per heavy atom. The van der Waals surface area contributed by atoms with Crippen LogP contribution in [-0.4, -0.2) is 26.4 Å². The number of aromatic nitrogens is 3. The first-order valence-corrected chi connectivity index (χ1v) is 8.63. The largest absolute Gasteiger partial charge is 0.416 e. The summed E-state index contributed by atoms with van der Waals surface area (Å²) in [4.78, 5) is 15.4. The lowest BCUT2D eigenvalue weighted by Gasteiger charge is -2.27. The highest BCUT2D eigenvalue weighted by molar-refractivity contribution is 5.56. The number of hydrogen-bond acceptors (Lipinski definition) is 4. The minimum Gasteiger partial charge on any atom is -0.293 e. The second-order valence-electron chi connectivity index (χ2n) is 6.56. The quantitative estimate of drug-likeness (QED) is 0.696. The highest BCUT2D eigenvalue weighted by Gasteiger charge is 2.30. The Morgan fingerprint density at radius 3 is 2.56 bits per heavy atom. The van der Waals surface area contributed by atoms with Crippen molar-refractivity contribution >= 4 is 0 Å². The van der Waals surface area contributed by atoms with E-state index in [1.807, 2.05) is 18.3 Å². The van der Waals surface area contributed by atoms with E-state index in [2.05, 4.69) is 19.9 Å². The van der Waals surface area contributed by atoms with Crippen LogP contribution in [-0.2, 0) is 25.7 Å². The van der Waals surface area contributed by atoms with E-state index in [9.17, 15) is 13.2 Å². The van der Waals surface area contributed by atoms with Gasteiger partial charge in [-0.3, -0.25) is 9.88 Å². The van der Waals surface area contributed by atoms with Crippen LogP contribution in [0.1, 0.15) is 22.4 Å². The van der Waals surface area contributed by atoms with E-state index >= 15 is 0 Å². The molecule has 1 aliphatic rings. The molecule has 4 nitrogen and oxygen atoms in total. The van der Waals surface area contributed by atoms with Gasteiger partial charge in [-0.25, -0.2) is 9.97 Å².